The first-order chi connectivity index (χ1) is 9.67. The molecule has 1 amide bonds. The fourth-order valence-corrected chi connectivity index (χ4v) is 3.14. The molecular formula is C14H18N2O3S. The molecule has 0 radical (unpaired) electrons. The van der Waals surface area contributed by atoms with Gasteiger partial charge in [0.15, 0.2) is 0 Å². The maximum absolute atomic E-state index is 12.3. The van der Waals surface area contributed by atoms with Gasteiger partial charge in [0.25, 0.3) is 5.91 Å². The summed E-state index contributed by atoms with van der Waals surface area (Å²) >= 11 is 1.60. The Morgan fingerprint density at radius 3 is 3.25 bits per heavy atom. The van der Waals surface area contributed by atoms with Crippen LogP contribution in [0, 0.1) is 0 Å². The summed E-state index contributed by atoms with van der Waals surface area (Å²) in [5, 5.41) is 8.97. The zero-order valence-corrected chi connectivity index (χ0v) is 12.2. The second kappa shape index (κ2) is 5.54. The molecule has 0 saturated carbocycles. The van der Waals surface area contributed by atoms with Crippen molar-refractivity contribution >= 4 is 23.0 Å². The maximum atomic E-state index is 12.3. The number of nitrogens with one attached hydrogen (secondary N) is 1. The van der Waals surface area contributed by atoms with Crippen molar-refractivity contribution in [2.75, 3.05) is 13.2 Å². The van der Waals surface area contributed by atoms with E-state index in [1.165, 1.54) is 0 Å². The number of carbonyl (C=O) groups is 1. The van der Waals surface area contributed by atoms with Gasteiger partial charge in [-0.05, 0) is 31.2 Å². The number of oxime groups is 1. The first-order valence-corrected chi connectivity index (χ1v) is 7.74. The molecule has 1 aromatic rings. The third kappa shape index (κ3) is 2.71. The van der Waals surface area contributed by atoms with E-state index in [1.807, 2.05) is 17.5 Å². The number of ether oxygens (including phenoxy) is 1. The molecule has 1 fully saturated rings. The molecule has 0 bridgehead atoms. The quantitative estimate of drug-likeness (QED) is 0.923. The standard InChI is InChI=1S/C14H18N2O3S/c1-14(13(17)15-9-10-4-2-6-18-10)8-11(16-19-14)12-5-3-7-20-12/h3,5,7,10H,2,4,6,8-9H2,1H3,(H,15,17)/t10-,14-/m1/s1. The molecule has 108 valence electrons. The van der Waals surface area contributed by atoms with E-state index in [1.54, 1.807) is 18.3 Å². The van der Waals surface area contributed by atoms with Crippen LogP contribution < -0.4 is 5.32 Å². The molecule has 1 N–H and O–H groups in total. The first-order valence-electron chi connectivity index (χ1n) is 6.86. The minimum absolute atomic E-state index is 0.122. The predicted molar refractivity (Wildman–Crippen MR) is 76.9 cm³/mol. The Bertz CT molecular complexity index is 508. The number of nitrogens with zero attached hydrogens (tertiary/aromatic N) is 1. The summed E-state index contributed by atoms with van der Waals surface area (Å²) in [5.41, 5.74) is -0.0625. The SMILES string of the molecule is C[C@]1(C(=O)NC[C@H]2CCCO2)CC(c2cccs2)=NO1. The van der Waals surface area contributed by atoms with Crippen molar-refractivity contribution in [3.63, 3.8) is 0 Å². The van der Waals surface area contributed by atoms with Gasteiger partial charge in [0.1, 0.15) is 5.71 Å². The van der Waals surface area contributed by atoms with Crippen molar-refractivity contribution < 1.29 is 14.4 Å². The molecule has 0 aromatic carbocycles. The highest BCUT2D eigenvalue weighted by atomic mass is 32.1. The first kappa shape index (κ1) is 13.6. The summed E-state index contributed by atoms with van der Waals surface area (Å²) < 4.78 is 5.50. The number of rotatable bonds is 4. The molecule has 0 spiro atoms. The molecule has 5 nitrogen and oxygen atoms in total. The van der Waals surface area contributed by atoms with Crippen LogP contribution in [-0.2, 0) is 14.4 Å². The third-order valence-electron chi connectivity index (χ3n) is 3.66. The molecule has 2 atom stereocenters. The number of hydrogen-bond acceptors (Lipinski definition) is 5. The lowest BCUT2D eigenvalue weighted by atomic mass is 9.98. The van der Waals surface area contributed by atoms with E-state index in [9.17, 15) is 4.79 Å². The molecule has 3 rings (SSSR count). The van der Waals surface area contributed by atoms with E-state index in [-0.39, 0.29) is 12.0 Å². The predicted octanol–water partition coefficient (Wildman–Crippen LogP) is 1.93. The lowest BCUT2D eigenvalue weighted by Crippen LogP contribution is -2.46. The number of thiophene rings is 1. The van der Waals surface area contributed by atoms with E-state index in [4.69, 9.17) is 9.57 Å². The average molecular weight is 294 g/mol. The fraction of sp³-hybridized carbons (Fsp3) is 0.571. The van der Waals surface area contributed by atoms with E-state index in [0.717, 1.165) is 30.0 Å². The Morgan fingerprint density at radius 1 is 1.65 bits per heavy atom. The van der Waals surface area contributed by atoms with E-state index >= 15 is 0 Å². The van der Waals surface area contributed by atoms with Gasteiger partial charge in [-0.2, -0.15) is 0 Å². The number of amides is 1. The zero-order valence-electron chi connectivity index (χ0n) is 11.4. The molecule has 3 heterocycles. The van der Waals surface area contributed by atoms with E-state index < -0.39 is 5.60 Å². The van der Waals surface area contributed by atoms with Crippen LogP contribution in [0.5, 0.6) is 0 Å². The number of carbonyl (C=O) groups excluding carboxylic acids is 1. The highest BCUT2D eigenvalue weighted by Crippen LogP contribution is 2.28. The summed E-state index contributed by atoms with van der Waals surface area (Å²) in [6, 6.07) is 3.96. The molecule has 0 unspecified atom stereocenters. The molecule has 20 heavy (non-hydrogen) atoms. The highest BCUT2D eigenvalue weighted by molar-refractivity contribution is 7.12. The second-order valence-corrected chi connectivity index (χ2v) is 6.31. The minimum atomic E-state index is -0.905. The van der Waals surface area contributed by atoms with Gasteiger partial charge < -0.3 is 14.9 Å². The lowest BCUT2D eigenvalue weighted by Gasteiger charge is -2.21. The van der Waals surface area contributed by atoms with Gasteiger partial charge in [-0.15, -0.1) is 11.3 Å². The smallest absolute Gasteiger partial charge is 0.267 e. The minimum Gasteiger partial charge on any atom is -0.379 e. The van der Waals surface area contributed by atoms with Gasteiger partial charge in [0.05, 0.1) is 11.0 Å². The van der Waals surface area contributed by atoms with Crippen molar-refractivity contribution in [2.24, 2.45) is 5.16 Å². The second-order valence-electron chi connectivity index (χ2n) is 5.36. The van der Waals surface area contributed by atoms with Gasteiger partial charge >= 0.3 is 0 Å². The molecule has 1 aromatic heterocycles. The Morgan fingerprint density at radius 2 is 2.55 bits per heavy atom. The highest BCUT2D eigenvalue weighted by Gasteiger charge is 2.42. The summed E-state index contributed by atoms with van der Waals surface area (Å²) in [4.78, 5) is 18.7. The van der Waals surface area contributed by atoms with Crippen LogP contribution in [0.2, 0.25) is 0 Å². The Kier molecular flexibility index (Phi) is 3.76. The number of hydrogen-bond donors (Lipinski definition) is 1. The van der Waals surface area contributed by atoms with Crippen LogP contribution in [0.1, 0.15) is 31.1 Å². The lowest BCUT2D eigenvalue weighted by molar-refractivity contribution is -0.142. The summed E-state index contributed by atoms with van der Waals surface area (Å²) in [5.74, 6) is -0.122. The summed E-state index contributed by atoms with van der Waals surface area (Å²) in [7, 11) is 0. The van der Waals surface area contributed by atoms with Crippen LogP contribution in [0.15, 0.2) is 22.7 Å². The van der Waals surface area contributed by atoms with Gasteiger partial charge in [0, 0.05) is 19.6 Å². The summed E-state index contributed by atoms with van der Waals surface area (Å²) in [6.07, 6.45) is 2.72. The van der Waals surface area contributed by atoms with E-state index in [2.05, 4.69) is 10.5 Å². The van der Waals surface area contributed by atoms with Crippen LogP contribution in [-0.4, -0.2) is 36.5 Å². The van der Waals surface area contributed by atoms with Gasteiger partial charge in [-0.3, -0.25) is 4.79 Å². The summed E-state index contributed by atoms with van der Waals surface area (Å²) in [6.45, 7) is 3.12. The largest absolute Gasteiger partial charge is 0.379 e. The molecule has 1 saturated heterocycles. The maximum Gasteiger partial charge on any atom is 0.267 e. The van der Waals surface area contributed by atoms with Gasteiger partial charge in [-0.25, -0.2) is 0 Å². The third-order valence-corrected chi connectivity index (χ3v) is 4.58. The van der Waals surface area contributed by atoms with Crippen LogP contribution in [0.4, 0.5) is 0 Å². The van der Waals surface area contributed by atoms with Gasteiger partial charge in [0.2, 0.25) is 5.60 Å². The normalized spacial score (nSPS) is 29.1. The Balaban J connectivity index is 1.55. The van der Waals surface area contributed by atoms with Crippen molar-refractivity contribution in [2.45, 2.75) is 37.9 Å². The fourth-order valence-electron chi connectivity index (χ4n) is 2.44. The Labute approximate surface area is 121 Å². The van der Waals surface area contributed by atoms with Crippen molar-refractivity contribution in [3.05, 3.63) is 22.4 Å². The van der Waals surface area contributed by atoms with E-state index in [0.29, 0.717) is 13.0 Å². The van der Waals surface area contributed by atoms with Crippen molar-refractivity contribution in [1.29, 1.82) is 0 Å². The van der Waals surface area contributed by atoms with Crippen molar-refractivity contribution in [1.82, 2.24) is 5.32 Å². The molecule has 6 heteroatoms. The zero-order chi connectivity index (χ0) is 14.0. The monoisotopic (exact) mass is 294 g/mol. The van der Waals surface area contributed by atoms with Crippen LogP contribution in [0.3, 0.4) is 0 Å². The topological polar surface area (TPSA) is 59.9 Å². The average Bonchev–Trinajstić information content (AvgIpc) is 3.17. The van der Waals surface area contributed by atoms with Crippen LogP contribution in [0.25, 0.3) is 0 Å². The van der Waals surface area contributed by atoms with Crippen molar-refractivity contribution in [3.8, 4) is 0 Å². The van der Waals surface area contributed by atoms with Crippen LogP contribution >= 0.6 is 11.3 Å². The van der Waals surface area contributed by atoms with Gasteiger partial charge in [-0.1, -0.05) is 11.2 Å². The molecule has 2 aliphatic rings. The molecule has 2 aliphatic heterocycles. The molecule has 0 aliphatic carbocycles. The molecular weight excluding hydrogens is 276 g/mol. The Hall–Kier alpha value is -1.40.